The van der Waals surface area contributed by atoms with E-state index in [-0.39, 0.29) is 15.6 Å². The molecule has 0 radical (unpaired) electrons. The number of aromatic nitrogens is 4. The van der Waals surface area contributed by atoms with Crippen molar-refractivity contribution in [2.24, 2.45) is 0 Å². The average Bonchev–Trinajstić information content (AvgIpc) is 3.24. The van der Waals surface area contributed by atoms with E-state index in [0.29, 0.717) is 0 Å². The summed E-state index contributed by atoms with van der Waals surface area (Å²) in [5.74, 6) is 0.778. The van der Waals surface area contributed by atoms with Crippen molar-refractivity contribution < 1.29 is 8.42 Å². The number of hydrogen-bond acceptors (Lipinski definition) is 7. The lowest BCUT2D eigenvalue weighted by molar-refractivity contribution is 0.271. The minimum absolute atomic E-state index is 0.118. The van der Waals surface area contributed by atoms with Crippen LogP contribution in [0.5, 0.6) is 0 Å². The Labute approximate surface area is 174 Å². The van der Waals surface area contributed by atoms with E-state index in [1.165, 1.54) is 4.52 Å². The van der Waals surface area contributed by atoms with Crippen molar-refractivity contribution >= 4 is 32.2 Å². The third-order valence-corrected chi connectivity index (χ3v) is 7.30. The molecule has 0 amide bonds. The normalized spacial score (nSPS) is 15.8. The van der Waals surface area contributed by atoms with Gasteiger partial charge in [0.25, 0.3) is 0 Å². The Morgan fingerprint density at radius 2 is 1.63 bits per heavy atom. The summed E-state index contributed by atoms with van der Waals surface area (Å²) in [5, 5.41) is 9.01. The quantitative estimate of drug-likeness (QED) is 0.499. The zero-order chi connectivity index (χ0) is 20.7. The molecule has 0 aliphatic carbocycles. The van der Waals surface area contributed by atoms with Crippen molar-refractivity contribution in [1.82, 2.24) is 24.7 Å². The van der Waals surface area contributed by atoms with Gasteiger partial charge in [-0.2, -0.15) is 4.52 Å². The molecule has 5 rings (SSSR count). The fraction of sp³-hybridized carbons (Fsp3) is 0.286. The lowest BCUT2D eigenvalue weighted by Crippen LogP contribution is -2.46. The molecule has 9 heteroatoms. The molecule has 1 fully saturated rings. The van der Waals surface area contributed by atoms with Crippen LogP contribution in [0.2, 0.25) is 0 Å². The van der Waals surface area contributed by atoms with Gasteiger partial charge in [-0.15, -0.1) is 5.10 Å². The molecule has 1 aliphatic rings. The maximum absolute atomic E-state index is 13.2. The van der Waals surface area contributed by atoms with Crippen LogP contribution >= 0.6 is 0 Å². The molecule has 0 N–H and O–H groups in total. The summed E-state index contributed by atoms with van der Waals surface area (Å²) in [6.45, 7) is 6.75. The molecule has 0 bridgehead atoms. The summed E-state index contributed by atoms with van der Waals surface area (Å²) in [7, 11) is -3.83. The number of benzene rings is 2. The van der Waals surface area contributed by atoms with E-state index in [4.69, 9.17) is 4.98 Å². The Bertz CT molecular complexity index is 1310. The van der Waals surface area contributed by atoms with Gasteiger partial charge in [0.05, 0.1) is 10.4 Å². The standard InChI is InChI=1S/C21H22N6O2S/c1-2-25-12-14-26(15-13-25)19-17-10-6-7-11-18(17)27-20(22-19)21(23-24-27)30(28,29)16-8-4-3-5-9-16/h3-11H,2,12-15H2,1H3. The predicted molar refractivity (Wildman–Crippen MR) is 115 cm³/mol. The molecule has 0 unspecified atom stereocenters. The summed E-state index contributed by atoms with van der Waals surface area (Å²) < 4.78 is 28.0. The predicted octanol–water partition coefficient (Wildman–Crippen LogP) is 2.25. The molecular formula is C21H22N6O2S. The number of nitrogens with zero attached hydrogens (tertiary/aromatic N) is 6. The van der Waals surface area contributed by atoms with Crippen molar-refractivity contribution in [2.75, 3.05) is 37.6 Å². The van der Waals surface area contributed by atoms with E-state index in [2.05, 4.69) is 27.0 Å². The third-order valence-electron chi connectivity index (χ3n) is 5.63. The van der Waals surface area contributed by atoms with Gasteiger partial charge in [0.15, 0.2) is 5.65 Å². The molecule has 0 atom stereocenters. The van der Waals surface area contributed by atoms with Crippen molar-refractivity contribution in [3.05, 3.63) is 54.6 Å². The largest absolute Gasteiger partial charge is 0.353 e. The number of piperazine rings is 1. The first-order valence-corrected chi connectivity index (χ1v) is 11.5. The fourth-order valence-corrected chi connectivity index (χ4v) is 5.19. The molecule has 4 aromatic rings. The van der Waals surface area contributed by atoms with Gasteiger partial charge in [0, 0.05) is 31.6 Å². The van der Waals surface area contributed by atoms with Crippen LogP contribution in [0.4, 0.5) is 5.82 Å². The zero-order valence-electron chi connectivity index (χ0n) is 16.6. The van der Waals surface area contributed by atoms with Gasteiger partial charge in [-0.3, -0.25) is 0 Å². The summed E-state index contributed by atoms with van der Waals surface area (Å²) in [4.78, 5) is 9.59. The number of hydrogen-bond donors (Lipinski definition) is 0. The van der Waals surface area contributed by atoms with Crippen molar-refractivity contribution in [3.63, 3.8) is 0 Å². The van der Waals surface area contributed by atoms with Crippen molar-refractivity contribution in [3.8, 4) is 0 Å². The Kier molecular flexibility index (Phi) is 4.63. The summed E-state index contributed by atoms with van der Waals surface area (Å²) in [5.41, 5.74) is 1.04. The van der Waals surface area contributed by atoms with Crippen LogP contribution in [0.25, 0.3) is 16.6 Å². The second-order valence-corrected chi connectivity index (χ2v) is 9.19. The number of rotatable bonds is 4. The van der Waals surface area contributed by atoms with E-state index in [1.54, 1.807) is 30.3 Å². The van der Waals surface area contributed by atoms with Gasteiger partial charge >= 0.3 is 0 Å². The van der Waals surface area contributed by atoms with Crippen LogP contribution in [0.15, 0.2) is 64.5 Å². The Morgan fingerprint density at radius 3 is 2.37 bits per heavy atom. The maximum atomic E-state index is 13.2. The highest BCUT2D eigenvalue weighted by Crippen LogP contribution is 2.30. The lowest BCUT2D eigenvalue weighted by Gasteiger charge is -2.35. The second kappa shape index (κ2) is 7.33. The highest BCUT2D eigenvalue weighted by Gasteiger charge is 2.28. The number of sulfone groups is 1. The van der Waals surface area contributed by atoms with Gasteiger partial charge in [-0.1, -0.05) is 42.5 Å². The Morgan fingerprint density at radius 1 is 0.933 bits per heavy atom. The molecule has 8 nitrogen and oxygen atoms in total. The van der Waals surface area contributed by atoms with Gasteiger partial charge in [-0.05, 0) is 30.8 Å². The highest BCUT2D eigenvalue weighted by atomic mass is 32.2. The molecule has 3 heterocycles. The number of para-hydroxylation sites is 1. The minimum Gasteiger partial charge on any atom is -0.353 e. The SMILES string of the molecule is CCN1CCN(c2nc3c(S(=O)(=O)c4ccccc4)nnn3c3ccccc23)CC1. The monoisotopic (exact) mass is 422 g/mol. The van der Waals surface area contributed by atoms with Gasteiger partial charge in [0.1, 0.15) is 5.82 Å². The number of fused-ring (bicyclic) bond motifs is 3. The molecule has 2 aromatic heterocycles. The van der Waals surface area contributed by atoms with Crippen molar-refractivity contribution in [1.29, 1.82) is 0 Å². The van der Waals surface area contributed by atoms with E-state index >= 15 is 0 Å². The van der Waals surface area contributed by atoms with Gasteiger partial charge in [-0.25, -0.2) is 13.4 Å². The van der Waals surface area contributed by atoms with Crippen molar-refractivity contribution in [2.45, 2.75) is 16.8 Å². The maximum Gasteiger partial charge on any atom is 0.229 e. The minimum atomic E-state index is -3.83. The third kappa shape index (κ3) is 3.01. The van der Waals surface area contributed by atoms with Crippen LogP contribution in [-0.2, 0) is 9.84 Å². The number of anilines is 1. The Balaban J connectivity index is 1.71. The Hall–Kier alpha value is -3.04. The molecule has 2 aromatic carbocycles. The average molecular weight is 423 g/mol. The first-order valence-electron chi connectivity index (χ1n) is 10.0. The molecule has 30 heavy (non-hydrogen) atoms. The summed E-state index contributed by atoms with van der Waals surface area (Å²) in [6, 6.07) is 16.1. The summed E-state index contributed by atoms with van der Waals surface area (Å²) in [6.07, 6.45) is 0. The van der Waals surface area contributed by atoms with Crippen LogP contribution in [0.1, 0.15) is 6.92 Å². The first kappa shape index (κ1) is 19.0. The topological polar surface area (TPSA) is 83.7 Å². The molecule has 1 saturated heterocycles. The van der Waals surface area contributed by atoms with E-state index in [0.717, 1.165) is 49.4 Å². The van der Waals surface area contributed by atoms with Crippen LogP contribution < -0.4 is 4.90 Å². The second-order valence-electron chi connectivity index (χ2n) is 7.32. The van der Waals surface area contributed by atoms with Crippen LogP contribution in [0.3, 0.4) is 0 Å². The highest BCUT2D eigenvalue weighted by molar-refractivity contribution is 7.91. The van der Waals surface area contributed by atoms with Crippen LogP contribution in [0, 0.1) is 0 Å². The van der Waals surface area contributed by atoms with E-state index < -0.39 is 9.84 Å². The van der Waals surface area contributed by atoms with Gasteiger partial charge < -0.3 is 9.80 Å². The fourth-order valence-electron chi connectivity index (χ4n) is 3.93. The van der Waals surface area contributed by atoms with Crippen LogP contribution in [-0.4, -0.2) is 65.9 Å². The molecule has 154 valence electrons. The van der Waals surface area contributed by atoms with E-state index in [9.17, 15) is 8.42 Å². The molecule has 0 saturated carbocycles. The molecule has 0 spiro atoms. The molecular weight excluding hydrogens is 400 g/mol. The lowest BCUT2D eigenvalue weighted by atomic mass is 10.2. The van der Waals surface area contributed by atoms with Gasteiger partial charge in [0.2, 0.25) is 14.9 Å². The first-order chi connectivity index (χ1) is 14.6. The smallest absolute Gasteiger partial charge is 0.229 e. The van der Waals surface area contributed by atoms with E-state index in [1.807, 2.05) is 24.3 Å². The summed E-state index contributed by atoms with van der Waals surface area (Å²) >= 11 is 0. The number of likely N-dealkylation sites (N-methyl/N-ethyl adjacent to an activating group) is 1. The molecule has 1 aliphatic heterocycles. The zero-order valence-corrected chi connectivity index (χ0v) is 17.5.